The fourth-order valence-electron chi connectivity index (χ4n) is 3.46. The van der Waals surface area contributed by atoms with Gasteiger partial charge in [-0.05, 0) is 42.7 Å². The number of hydrogen-bond acceptors (Lipinski definition) is 6. The zero-order chi connectivity index (χ0) is 27.5. The Morgan fingerprint density at radius 2 is 1.19 bits per heavy atom. The molecule has 0 fully saturated rings. The van der Waals surface area contributed by atoms with Crippen LogP contribution in [-0.2, 0) is 14.3 Å². The Morgan fingerprint density at radius 1 is 0.806 bits per heavy atom. The number of unbranched alkanes of at least 4 members (excludes halogenated alkanes) is 2. The summed E-state index contributed by atoms with van der Waals surface area (Å²) in [6, 6.07) is 6.06. The summed E-state index contributed by atoms with van der Waals surface area (Å²) < 4.78 is 11.0. The number of carboxylic acid groups (broad SMARTS) is 1. The molecule has 0 aliphatic carbocycles. The highest BCUT2D eigenvalue weighted by molar-refractivity contribution is 6.03. The first kappa shape index (κ1) is 33.6. The molecular formula is C29H49NO6. The molecule has 2 unspecified atom stereocenters. The van der Waals surface area contributed by atoms with Crippen molar-refractivity contribution >= 4 is 17.9 Å². The lowest BCUT2D eigenvalue weighted by molar-refractivity contribution is -0.139. The monoisotopic (exact) mass is 507 g/mol. The summed E-state index contributed by atoms with van der Waals surface area (Å²) in [6.07, 6.45) is 8.61. The van der Waals surface area contributed by atoms with Crippen molar-refractivity contribution in [2.24, 2.45) is 23.5 Å². The lowest BCUT2D eigenvalue weighted by Gasteiger charge is -2.17. The van der Waals surface area contributed by atoms with E-state index < -0.39 is 23.9 Å². The molecule has 0 saturated carbocycles. The number of esters is 2. The molecule has 206 valence electrons. The number of benzene rings is 1. The van der Waals surface area contributed by atoms with Crippen molar-refractivity contribution in [2.45, 2.75) is 99.0 Å². The van der Waals surface area contributed by atoms with Gasteiger partial charge in [-0.2, -0.15) is 0 Å². The normalized spacial score (nSPS) is 13.2. The number of ether oxygens (including phenoxy) is 2. The van der Waals surface area contributed by atoms with Gasteiger partial charge < -0.3 is 20.3 Å². The minimum atomic E-state index is -0.931. The first-order valence-electron chi connectivity index (χ1n) is 13.5. The van der Waals surface area contributed by atoms with Crippen LogP contribution in [0.5, 0.6) is 0 Å². The second-order valence-electron chi connectivity index (χ2n) is 9.68. The van der Waals surface area contributed by atoms with Crippen LogP contribution in [0, 0.1) is 17.8 Å². The van der Waals surface area contributed by atoms with Gasteiger partial charge in [0.05, 0.1) is 24.3 Å². The standard InChI is InChI=1S/C24H38O4.C5H11NO2/c1-5-9-13-19(7-3)17-27-23(25)21-15-11-12-16-22(21)24(26)28-18-20(8-4)14-10-6-2;1-3(2)4(6)5(7)8/h11-12,15-16,19-20H,5-10,13-14,17-18H2,1-4H3;3-4H,6H2,1-2H3,(H,7,8)/t;4-/m.0/s1. The van der Waals surface area contributed by atoms with Crippen LogP contribution in [0.3, 0.4) is 0 Å². The van der Waals surface area contributed by atoms with Crippen LogP contribution in [-0.4, -0.2) is 42.3 Å². The van der Waals surface area contributed by atoms with E-state index in [0.717, 1.165) is 51.4 Å². The molecule has 7 heteroatoms. The Bertz CT molecular complexity index is 713. The molecule has 0 bridgehead atoms. The van der Waals surface area contributed by atoms with Crippen molar-refractivity contribution in [3.05, 3.63) is 35.4 Å². The van der Waals surface area contributed by atoms with Gasteiger partial charge in [-0.3, -0.25) is 4.79 Å². The van der Waals surface area contributed by atoms with Gasteiger partial charge in [0, 0.05) is 0 Å². The first-order chi connectivity index (χ1) is 17.1. The van der Waals surface area contributed by atoms with E-state index in [2.05, 4.69) is 27.7 Å². The number of nitrogens with two attached hydrogens (primary N) is 1. The zero-order valence-corrected chi connectivity index (χ0v) is 23.3. The molecule has 1 aromatic rings. The molecule has 0 saturated heterocycles. The highest BCUT2D eigenvalue weighted by atomic mass is 16.5. The number of hydrogen-bond donors (Lipinski definition) is 2. The van der Waals surface area contributed by atoms with E-state index in [1.807, 2.05) is 0 Å². The molecule has 3 atom stereocenters. The third-order valence-electron chi connectivity index (χ3n) is 6.36. The van der Waals surface area contributed by atoms with Crippen LogP contribution in [0.1, 0.15) is 114 Å². The molecule has 0 spiro atoms. The van der Waals surface area contributed by atoms with Crippen LogP contribution in [0.15, 0.2) is 24.3 Å². The summed E-state index contributed by atoms with van der Waals surface area (Å²) in [6.45, 7) is 12.9. The molecule has 0 heterocycles. The Balaban J connectivity index is 0.00000131. The topological polar surface area (TPSA) is 116 Å². The van der Waals surface area contributed by atoms with Crippen LogP contribution in [0.25, 0.3) is 0 Å². The summed E-state index contributed by atoms with van der Waals surface area (Å²) in [5.41, 5.74) is 5.74. The molecule has 3 N–H and O–H groups in total. The maximum atomic E-state index is 12.6. The van der Waals surface area contributed by atoms with Gasteiger partial charge in [-0.1, -0.05) is 92.2 Å². The van der Waals surface area contributed by atoms with E-state index in [-0.39, 0.29) is 5.92 Å². The lowest BCUT2D eigenvalue weighted by atomic mass is 10.0. The van der Waals surface area contributed by atoms with Crippen LogP contribution >= 0.6 is 0 Å². The summed E-state index contributed by atoms with van der Waals surface area (Å²) in [5.74, 6) is -1.06. The molecule has 0 amide bonds. The molecular weight excluding hydrogens is 458 g/mol. The van der Waals surface area contributed by atoms with E-state index in [1.165, 1.54) is 0 Å². The maximum absolute atomic E-state index is 12.6. The summed E-state index contributed by atoms with van der Waals surface area (Å²) in [5, 5.41) is 8.23. The fourth-order valence-corrected chi connectivity index (χ4v) is 3.46. The largest absolute Gasteiger partial charge is 0.480 e. The van der Waals surface area contributed by atoms with Crippen LogP contribution in [0.2, 0.25) is 0 Å². The Kier molecular flexibility index (Phi) is 18.4. The number of rotatable bonds is 16. The molecule has 1 aromatic carbocycles. The van der Waals surface area contributed by atoms with Crippen molar-refractivity contribution in [1.82, 2.24) is 0 Å². The molecule has 7 nitrogen and oxygen atoms in total. The average Bonchev–Trinajstić information content (AvgIpc) is 2.88. The van der Waals surface area contributed by atoms with E-state index >= 15 is 0 Å². The second-order valence-corrected chi connectivity index (χ2v) is 9.68. The number of carboxylic acids is 1. The second kappa shape index (κ2) is 19.7. The maximum Gasteiger partial charge on any atom is 0.339 e. The van der Waals surface area contributed by atoms with E-state index in [9.17, 15) is 14.4 Å². The van der Waals surface area contributed by atoms with Gasteiger partial charge in [0.15, 0.2) is 0 Å². The fraction of sp³-hybridized carbons (Fsp3) is 0.690. The van der Waals surface area contributed by atoms with E-state index in [4.69, 9.17) is 20.3 Å². The third kappa shape index (κ3) is 13.6. The zero-order valence-electron chi connectivity index (χ0n) is 23.3. The Labute approximate surface area is 218 Å². The highest BCUT2D eigenvalue weighted by Gasteiger charge is 2.21. The smallest absolute Gasteiger partial charge is 0.339 e. The first-order valence-corrected chi connectivity index (χ1v) is 13.5. The predicted octanol–water partition coefficient (Wildman–Crippen LogP) is 6.49. The van der Waals surface area contributed by atoms with Gasteiger partial charge in [-0.25, -0.2) is 9.59 Å². The molecule has 0 aromatic heterocycles. The molecule has 1 rings (SSSR count). The molecule has 0 aliphatic heterocycles. The lowest BCUT2D eigenvalue weighted by Crippen LogP contribution is -2.34. The van der Waals surface area contributed by atoms with Crippen molar-refractivity contribution in [3.63, 3.8) is 0 Å². The summed E-state index contributed by atoms with van der Waals surface area (Å²) >= 11 is 0. The Morgan fingerprint density at radius 3 is 1.44 bits per heavy atom. The van der Waals surface area contributed by atoms with Crippen molar-refractivity contribution in [2.75, 3.05) is 13.2 Å². The minimum absolute atomic E-state index is 0.0208. The van der Waals surface area contributed by atoms with Gasteiger partial charge in [0.1, 0.15) is 6.04 Å². The number of carbonyl (C=O) groups excluding carboxylic acids is 2. The van der Waals surface area contributed by atoms with Crippen LogP contribution in [0.4, 0.5) is 0 Å². The molecule has 0 radical (unpaired) electrons. The van der Waals surface area contributed by atoms with Gasteiger partial charge >= 0.3 is 17.9 Å². The molecule has 0 aliphatic rings. The minimum Gasteiger partial charge on any atom is -0.480 e. The molecule has 36 heavy (non-hydrogen) atoms. The van der Waals surface area contributed by atoms with E-state index in [0.29, 0.717) is 36.2 Å². The third-order valence-corrected chi connectivity index (χ3v) is 6.36. The van der Waals surface area contributed by atoms with Crippen LogP contribution < -0.4 is 5.73 Å². The SMILES string of the molecule is CC(C)[C@H](N)C(=O)O.CCCCC(CC)COC(=O)c1ccccc1C(=O)OCC(CC)CCCC. The van der Waals surface area contributed by atoms with Gasteiger partial charge in [0.25, 0.3) is 0 Å². The van der Waals surface area contributed by atoms with Crippen molar-refractivity contribution < 1.29 is 29.0 Å². The summed E-state index contributed by atoms with van der Waals surface area (Å²) in [4.78, 5) is 35.2. The average molecular weight is 508 g/mol. The quantitative estimate of drug-likeness (QED) is 0.246. The highest BCUT2D eigenvalue weighted by Crippen LogP contribution is 2.18. The predicted molar refractivity (Wildman–Crippen MR) is 144 cm³/mol. The van der Waals surface area contributed by atoms with Gasteiger partial charge in [0.2, 0.25) is 0 Å². The number of carbonyl (C=O) groups is 3. The van der Waals surface area contributed by atoms with Crippen molar-refractivity contribution in [1.29, 1.82) is 0 Å². The van der Waals surface area contributed by atoms with E-state index in [1.54, 1.807) is 38.1 Å². The van der Waals surface area contributed by atoms with Gasteiger partial charge in [-0.15, -0.1) is 0 Å². The van der Waals surface area contributed by atoms with Crippen molar-refractivity contribution in [3.8, 4) is 0 Å². The Hall–Kier alpha value is -2.41. The summed E-state index contributed by atoms with van der Waals surface area (Å²) in [7, 11) is 0. The number of aliphatic carboxylic acids is 1.